The maximum absolute atomic E-state index is 3.40. The summed E-state index contributed by atoms with van der Waals surface area (Å²) in [6.45, 7) is 9.10. The molecule has 0 aliphatic rings. The zero-order valence-corrected chi connectivity index (χ0v) is 9.73. The molecule has 0 bridgehead atoms. The molecule has 1 atom stereocenters. The van der Waals surface area contributed by atoms with Gasteiger partial charge in [-0.05, 0) is 25.4 Å². The van der Waals surface area contributed by atoms with Crippen LogP contribution in [0, 0.1) is 5.92 Å². The lowest BCUT2D eigenvalue weighted by atomic mass is 9.95. The fourth-order valence-electron chi connectivity index (χ4n) is 1.72. The summed E-state index contributed by atoms with van der Waals surface area (Å²) in [5.74, 6) is 0.964. The summed E-state index contributed by atoms with van der Waals surface area (Å²) in [7, 11) is 0. The summed E-state index contributed by atoms with van der Waals surface area (Å²) in [4.78, 5) is 0. The lowest BCUT2D eigenvalue weighted by molar-refractivity contribution is 0.407. The van der Waals surface area contributed by atoms with E-state index in [1.54, 1.807) is 0 Å². The van der Waals surface area contributed by atoms with Gasteiger partial charge in [0.05, 0.1) is 0 Å². The zero-order valence-electron chi connectivity index (χ0n) is 9.73. The molecule has 1 nitrogen and oxygen atoms in total. The molecule has 0 amide bonds. The van der Waals surface area contributed by atoms with Crippen LogP contribution in [-0.4, -0.2) is 13.1 Å². The topological polar surface area (TPSA) is 12.0 Å². The second-order valence-corrected chi connectivity index (χ2v) is 3.91. The molecule has 13 heavy (non-hydrogen) atoms. The van der Waals surface area contributed by atoms with Crippen LogP contribution < -0.4 is 5.32 Å². The third-order valence-corrected chi connectivity index (χ3v) is 2.77. The Balaban J connectivity index is 3.28. The Morgan fingerprint density at radius 1 is 1.00 bits per heavy atom. The predicted molar refractivity (Wildman–Crippen MR) is 61.1 cm³/mol. The monoisotopic (exact) mass is 185 g/mol. The highest BCUT2D eigenvalue weighted by molar-refractivity contribution is 4.59. The second-order valence-electron chi connectivity index (χ2n) is 3.91. The van der Waals surface area contributed by atoms with Gasteiger partial charge in [-0.25, -0.2) is 0 Å². The first kappa shape index (κ1) is 13.0. The Hall–Kier alpha value is -0.0400. The van der Waals surface area contributed by atoms with Crippen molar-refractivity contribution in [2.45, 2.75) is 59.3 Å². The maximum atomic E-state index is 3.40. The van der Waals surface area contributed by atoms with Gasteiger partial charge < -0.3 is 5.32 Å². The molecule has 0 aliphatic carbocycles. The Morgan fingerprint density at radius 2 is 1.77 bits per heavy atom. The molecular weight excluding hydrogens is 158 g/mol. The zero-order chi connectivity index (χ0) is 9.94. The average molecular weight is 185 g/mol. The van der Waals surface area contributed by atoms with Crippen molar-refractivity contribution in [3.63, 3.8) is 0 Å². The molecule has 0 saturated carbocycles. The first-order valence-corrected chi connectivity index (χ1v) is 6.05. The van der Waals surface area contributed by atoms with Crippen LogP contribution in [-0.2, 0) is 0 Å². The van der Waals surface area contributed by atoms with Crippen LogP contribution in [0.15, 0.2) is 0 Å². The summed E-state index contributed by atoms with van der Waals surface area (Å²) < 4.78 is 0. The molecular formula is C12H27N. The molecule has 0 saturated heterocycles. The van der Waals surface area contributed by atoms with Gasteiger partial charge in [0, 0.05) is 0 Å². The summed E-state index contributed by atoms with van der Waals surface area (Å²) in [5, 5.41) is 3.40. The smallest absolute Gasteiger partial charge is 0.00464 e. The Kier molecular flexibility index (Phi) is 10.0. The first-order valence-electron chi connectivity index (χ1n) is 6.05. The largest absolute Gasteiger partial charge is 0.317 e. The van der Waals surface area contributed by atoms with E-state index < -0.39 is 0 Å². The minimum absolute atomic E-state index is 0.964. The van der Waals surface area contributed by atoms with Crippen LogP contribution in [0.25, 0.3) is 0 Å². The third-order valence-electron chi connectivity index (χ3n) is 2.77. The lowest BCUT2D eigenvalue weighted by Gasteiger charge is -2.14. The van der Waals surface area contributed by atoms with Gasteiger partial charge in [0.2, 0.25) is 0 Å². The second kappa shape index (κ2) is 10.0. The minimum atomic E-state index is 0.964. The van der Waals surface area contributed by atoms with Crippen molar-refractivity contribution in [1.29, 1.82) is 0 Å². The molecule has 0 rings (SSSR count). The molecule has 0 spiro atoms. The summed E-state index contributed by atoms with van der Waals surface area (Å²) in [6, 6.07) is 0. The molecule has 0 fully saturated rings. The highest BCUT2D eigenvalue weighted by Gasteiger charge is 2.04. The van der Waals surface area contributed by atoms with E-state index in [9.17, 15) is 0 Å². The number of hydrogen-bond acceptors (Lipinski definition) is 1. The van der Waals surface area contributed by atoms with Crippen molar-refractivity contribution in [3.8, 4) is 0 Å². The van der Waals surface area contributed by atoms with E-state index in [1.165, 1.54) is 45.1 Å². The number of rotatable bonds is 9. The predicted octanol–water partition coefficient (Wildman–Crippen LogP) is 3.59. The fraction of sp³-hybridized carbons (Fsp3) is 1.00. The van der Waals surface area contributed by atoms with Crippen LogP contribution in [0.3, 0.4) is 0 Å². The van der Waals surface area contributed by atoms with E-state index in [-0.39, 0.29) is 0 Å². The van der Waals surface area contributed by atoms with Gasteiger partial charge in [0.1, 0.15) is 0 Å². The van der Waals surface area contributed by atoms with Gasteiger partial charge >= 0.3 is 0 Å². The summed E-state index contributed by atoms with van der Waals surface area (Å²) >= 11 is 0. The van der Waals surface area contributed by atoms with Gasteiger partial charge in [-0.15, -0.1) is 0 Å². The van der Waals surface area contributed by atoms with Crippen molar-refractivity contribution in [2.24, 2.45) is 5.92 Å². The lowest BCUT2D eigenvalue weighted by Crippen LogP contribution is -2.17. The van der Waals surface area contributed by atoms with E-state index >= 15 is 0 Å². The molecule has 0 aromatic rings. The van der Waals surface area contributed by atoms with Crippen LogP contribution >= 0.6 is 0 Å². The molecule has 1 N–H and O–H groups in total. The highest BCUT2D eigenvalue weighted by Crippen LogP contribution is 2.16. The van der Waals surface area contributed by atoms with E-state index in [0.29, 0.717) is 0 Å². The van der Waals surface area contributed by atoms with Crippen molar-refractivity contribution in [3.05, 3.63) is 0 Å². The first-order chi connectivity index (χ1) is 6.35. The van der Waals surface area contributed by atoms with E-state index in [0.717, 1.165) is 12.5 Å². The van der Waals surface area contributed by atoms with Crippen LogP contribution in [0.1, 0.15) is 59.3 Å². The fourth-order valence-corrected chi connectivity index (χ4v) is 1.72. The maximum Gasteiger partial charge on any atom is -0.00464 e. The van der Waals surface area contributed by atoms with E-state index in [4.69, 9.17) is 0 Å². The molecule has 0 aliphatic heterocycles. The number of unbranched alkanes of at least 4 members (excludes halogenated alkanes) is 2. The van der Waals surface area contributed by atoms with Gasteiger partial charge in [0.25, 0.3) is 0 Å². The van der Waals surface area contributed by atoms with Crippen LogP contribution in [0.4, 0.5) is 0 Å². The van der Waals surface area contributed by atoms with Crippen LogP contribution in [0.5, 0.6) is 0 Å². The standard InChI is InChI=1S/C12H27N/c1-4-7-8-9-12(5-2)10-11-13-6-3/h12-13H,4-11H2,1-3H3/t12-/m1/s1. The highest BCUT2D eigenvalue weighted by atomic mass is 14.8. The Labute approximate surface area is 84.3 Å². The number of nitrogens with one attached hydrogen (secondary N) is 1. The van der Waals surface area contributed by atoms with Crippen molar-refractivity contribution in [1.82, 2.24) is 5.32 Å². The SMILES string of the molecule is CCCCC[C@@H](CC)CCNCC. The number of hydrogen-bond donors (Lipinski definition) is 1. The van der Waals surface area contributed by atoms with E-state index in [2.05, 4.69) is 26.1 Å². The van der Waals surface area contributed by atoms with Crippen molar-refractivity contribution in [2.75, 3.05) is 13.1 Å². The van der Waals surface area contributed by atoms with Crippen molar-refractivity contribution >= 4 is 0 Å². The van der Waals surface area contributed by atoms with Gasteiger partial charge in [-0.2, -0.15) is 0 Å². The van der Waals surface area contributed by atoms with Crippen molar-refractivity contribution < 1.29 is 0 Å². The molecule has 80 valence electrons. The normalized spacial score (nSPS) is 13.2. The van der Waals surface area contributed by atoms with Crippen LogP contribution in [0.2, 0.25) is 0 Å². The molecule has 1 heteroatoms. The van der Waals surface area contributed by atoms with E-state index in [1.807, 2.05) is 0 Å². The average Bonchev–Trinajstić information content (AvgIpc) is 2.16. The Morgan fingerprint density at radius 3 is 2.31 bits per heavy atom. The van der Waals surface area contributed by atoms with Gasteiger partial charge in [0.15, 0.2) is 0 Å². The quantitative estimate of drug-likeness (QED) is 0.541. The minimum Gasteiger partial charge on any atom is -0.317 e. The summed E-state index contributed by atoms with van der Waals surface area (Å²) in [5.41, 5.74) is 0. The van der Waals surface area contributed by atoms with Gasteiger partial charge in [-0.3, -0.25) is 0 Å². The van der Waals surface area contributed by atoms with Gasteiger partial charge in [-0.1, -0.05) is 52.9 Å². The molecule has 0 heterocycles. The Bertz CT molecular complexity index is 81.1. The molecule has 0 radical (unpaired) electrons. The molecule has 0 aromatic heterocycles. The summed E-state index contributed by atoms with van der Waals surface area (Å²) in [6.07, 6.45) is 8.36. The molecule has 0 unspecified atom stereocenters. The molecule has 0 aromatic carbocycles. The third kappa shape index (κ3) is 8.29.